The third-order valence-electron chi connectivity index (χ3n) is 5.56. The van der Waals surface area contributed by atoms with E-state index in [0.29, 0.717) is 18.9 Å². The highest BCUT2D eigenvalue weighted by atomic mass is 127. The van der Waals surface area contributed by atoms with E-state index >= 15 is 0 Å². The van der Waals surface area contributed by atoms with Crippen LogP contribution in [0.25, 0.3) is 0 Å². The summed E-state index contributed by atoms with van der Waals surface area (Å²) in [4.78, 5) is 25.4. The molecule has 1 aliphatic heterocycles. The van der Waals surface area contributed by atoms with Crippen molar-refractivity contribution in [3.05, 3.63) is 24.4 Å². The van der Waals surface area contributed by atoms with Gasteiger partial charge < -0.3 is 20.4 Å². The van der Waals surface area contributed by atoms with Gasteiger partial charge in [-0.05, 0) is 24.5 Å². The van der Waals surface area contributed by atoms with Crippen LogP contribution in [0, 0.1) is 5.92 Å². The van der Waals surface area contributed by atoms with Crippen LogP contribution >= 0.6 is 24.0 Å². The number of carbonyl (C=O) groups excluding carboxylic acids is 1. The molecule has 8 heteroatoms. The lowest BCUT2D eigenvalue weighted by atomic mass is 9.99. The minimum absolute atomic E-state index is 0. The molecule has 0 saturated carbocycles. The van der Waals surface area contributed by atoms with Gasteiger partial charge in [-0.25, -0.2) is 4.98 Å². The maximum absolute atomic E-state index is 12.5. The number of guanidine groups is 1. The molecular formula is C22H39IN6O. The minimum Gasteiger partial charge on any atom is -0.356 e. The molecule has 1 aromatic rings. The van der Waals surface area contributed by atoms with Crippen molar-refractivity contribution in [3.8, 4) is 0 Å². The van der Waals surface area contributed by atoms with Crippen molar-refractivity contribution in [3.63, 3.8) is 0 Å². The number of anilines is 1. The summed E-state index contributed by atoms with van der Waals surface area (Å²) in [6.07, 6.45) is 7.23. The van der Waals surface area contributed by atoms with Crippen LogP contribution in [0.2, 0.25) is 0 Å². The van der Waals surface area contributed by atoms with Crippen molar-refractivity contribution < 1.29 is 4.79 Å². The zero-order valence-electron chi connectivity index (χ0n) is 18.8. The number of aromatic nitrogens is 1. The Kier molecular flexibility index (Phi) is 13.5. The molecule has 0 aliphatic carbocycles. The van der Waals surface area contributed by atoms with Crippen molar-refractivity contribution in [1.29, 1.82) is 0 Å². The zero-order chi connectivity index (χ0) is 20.9. The Balaban J connectivity index is 0.00000450. The first-order chi connectivity index (χ1) is 14.2. The standard InChI is InChI=1S/C22H38N6O.HI/c1-4-6-9-19(5-2)18-26-22(23-3)25-13-11-21(29)28-16-14-27(15-17-28)20-10-7-8-12-24-20;/h7-8,10,12,19H,4-6,9,11,13-18H2,1-3H3,(H2,23,25,26);1H. The number of piperazine rings is 1. The van der Waals surface area contributed by atoms with Gasteiger partial charge in [0.2, 0.25) is 5.91 Å². The lowest BCUT2D eigenvalue weighted by Crippen LogP contribution is -2.49. The Labute approximate surface area is 199 Å². The largest absolute Gasteiger partial charge is 0.356 e. The number of pyridine rings is 1. The highest BCUT2D eigenvalue weighted by Crippen LogP contribution is 2.13. The lowest BCUT2D eigenvalue weighted by molar-refractivity contribution is -0.131. The summed E-state index contributed by atoms with van der Waals surface area (Å²) in [7, 11) is 1.78. The zero-order valence-corrected chi connectivity index (χ0v) is 21.1. The molecule has 1 amide bonds. The third-order valence-corrected chi connectivity index (χ3v) is 5.56. The molecule has 7 nitrogen and oxygen atoms in total. The molecule has 2 N–H and O–H groups in total. The monoisotopic (exact) mass is 530 g/mol. The summed E-state index contributed by atoms with van der Waals surface area (Å²) in [6, 6.07) is 5.94. The number of nitrogens with zero attached hydrogens (tertiary/aromatic N) is 4. The van der Waals surface area contributed by atoms with Crippen molar-refractivity contribution >= 4 is 41.7 Å². The van der Waals surface area contributed by atoms with E-state index in [-0.39, 0.29) is 29.9 Å². The first-order valence-electron chi connectivity index (χ1n) is 11.1. The van der Waals surface area contributed by atoms with Gasteiger partial charge in [0.15, 0.2) is 5.96 Å². The van der Waals surface area contributed by atoms with Gasteiger partial charge in [0.25, 0.3) is 0 Å². The molecule has 1 saturated heterocycles. The normalized spacial score (nSPS) is 15.4. The van der Waals surface area contributed by atoms with Gasteiger partial charge in [-0.2, -0.15) is 0 Å². The van der Waals surface area contributed by atoms with E-state index in [9.17, 15) is 4.79 Å². The van der Waals surface area contributed by atoms with Crippen LogP contribution in [0.15, 0.2) is 29.4 Å². The van der Waals surface area contributed by atoms with Crippen molar-refractivity contribution in [2.45, 2.75) is 46.0 Å². The van der Waals surface area contributed by atoms with E-state index in [1.54, 1.807) is 7.05 Å². The molecule has 1 aromatic heterocycles. The van der Waals surface area contributed by atoms with Crippen LogP contribution in [-0.2, 0) is 4.79 Å². The van der Waals surface area contributed by atoms with Gasteiger partial charge in [0, 0.05) is 58.9 Å². The topological polar surface area (TPSA) is 72.9 Å². The molecule has 1 fully saturated rings. The maximum atomic E-state index is 12.5. The van der Waals surface area contributed by atoms with Crippen molar-refractivity contribution in [2.24, 2.45) is 10.9 Å². The van der Waals surface area contributed by atoms with Gasteiger partial charge in [-0.1, -0.05) is 39.2 Å². The maximum Gasteiger partial charge on any atom is 0.224 e. The predicted molar refractivity (Wildman–Crippen MR) is 136 cm³/mol. The number of aliphatic imine (C=N–C) groups is 1. The van der Waals surface area contributed by atoms with Crippen LogP contribution in [0.4, 0.5) is 5.82 Å². The molecule has 0 aromatic carbocycles. The Bertz CT molecular complexity index is 619. The number of nitrogens with one attached hydrogen (secondary N) is 2. The van der Waals surface area contributed by atoms with Gasteiger partial charge in [0.05, 0.1) is 0 Å². The molecule has 30 heavy (non-hydrogen) atoms. The highest BCUT2D eigenvalue weighted by molar-refractivity contribution is 14.0. The Morgan fingerprint density at radius 2 is 1.97 bits per heavy atom. The predicted octanol–water partition coefficient (Wildman–Crippen LogP) is 3.12. The van der Waals surface area contributed by atoms with Crippen LogP contribution < -0.4 is 15.5 Å². The summed E-state index contributed by atoms with van der Waals surface area (Å²) in [5.74, 6) is 2.64. The van der Waals surface area contributed by atoms with E-state index in [1.165, 1.54) is 25.7 Å². The number of carbonyl (C=O) groups is 1. The lowest BCUT2D eigenvalue weighted by Gasteiger charge is -2.35. The Morgan fingerprint density at radius 1 is 1.20 bits per heavy atom. The SMILES string of the molecule is CCCCC(CC)CNC(=NC)NCCC(=O)N1CCN(c2ccccn2)CC1.I. The summed E-state index contributed by atoms with van der Waals surface area (Å²) in [6.45, 7) is 9.16. The molecule has 1 unspecified atom stereocenters. The minimum atomic E-state index is 0. The molecule has 170 valence electrons. The summed E-state index contributed by atoms with van der Waals surface area (Å²) in [5.41, 5.74) is 0. The average molecular weight is 530 g/mol. The molecule has 2 heterocycles. The number of halogens is 1. The van der Waals surface area contributed by atoms with Gasteiger partial charge >= 0.3 is 0 Å². The second-order valence-electron chi connectivity index (χ2n) is 7.60. The second kappa shape index (κ2) is 15.3. The molecule has 1 atom stereocenters. The van der Waals surface area contributed by atoms with Crippen molar-refractivity contribution in [1.82, 2.24) is 20.5 Å². The number of rotatable bonds is 10. The van der Waals surface area contributed by atoms with E-state index in [1.807, 2.05) is 29.3 Å². The van der Waals surface area contributed by atoms with E-state index in [2.05, 4.69) is 39.4 Å². The van der Waals surface area contributed by atoms with E-state index in [4.69, 9.17) is 0 Å². The Hall–Kier alpha value is -1.58. The van der Waals surface area contributed by atoms with E-state index in [0.717, 1.165) is 44.5 Å². The van der Waals surface area contributed by atoms with Crippen LogP contribution in [0.1, 0.15) is 46.0 Å². The molecule has 0 radical (unpaired) electrons. The second-order valence-corrected chi connectivity index (χ2v) is 7.60. The van der Waals surface area contributed by atoms with Gasteiger partial charge in [-0.15, -0.1) is 24.0 Å². The summed E-state index contributed by atoms with van der Waals surface area (Å²) < 4.78 is 0. The number of hydrogen-bond acceptors (Lipinski definition) is 4. The first-order valence-corrected chi connectivity index (χ1v) is 11.1. The first kappa shape index (κ1) is 26.5. The van der Waals surface area contributed by atoms with Crippen LogP contribution in [-0.4, -0.2) is 68.1 Å². The quantitative estimate of drug-likeness (QED) is 0.276. The van der Waals surface area contributed by atoms with Crippen molar-refractivity contribution in [2.75, 3.05) is 51.2 Å². The molecule has 0 bridgehead atoms. The third kappa shape index (κ3) is 9.06. The smallest absolute Gasteiger partial charge is 0.224 e. The van der Waals surface area contributed by atoms with Crippen LogP contribution in [0.5, 0.6) is 0 Å². The number of unbranched alkanes of at least 4 members (excludes halogenated alkanes) is 1. The number of amides is 1. The van der Waals surface area contributed by atoms with Gasteiger partial charge in [0.1, 0.15) is 5.82 Å². The fraction of sp³-hybridized carbons (Fsp3) is 0.682. The Morgan fingerprint density at radius 3 is 2.57 bits per heavy atom. The molecular weight excluding hydrogens is 491 g/mol. The van der Waals surface area contributed by atoms with E-state index < -0.39 is 0 Å². The average Bonchev–Trinajstić information content (AvgIpc) is 2.78. The van der Waals surface area contributed by atoms with Gasteiger partial charge in [-0.3, -0.25) is 9.79 Å². The van der Waals surface area contributed by atoms with Crippen LogP contribution in [0.3, 0.4) is 0 Å². The molecule has 1 aliphatic rings. The summed E-state index contributed by atoms with van der Waals surface area (Å²) >= 11 is 0. The number of hydrogen-bond donors (Lipinski definition) is 2. The summed E-state index contributed by atoms with van der Waals surface area (Å²) in [5, 5.41) is 6.69. The molecule has 0 spiro atoms. The molecule has 2 rings (SSSR count). The fourth-order valence-electron chi connectivity index (χ4n) is 3.58. The fourth-order valence-corrected chi connectivity index (χ4v) is 3.58. The highest BCUT2D eigenvalue weighted by Gasteiger charge is 2.21.